The molecule has 0 bridgehead atoms. The van der Waals surface area contributed by atoms with Crippen molar-refractivity contribution in [1.82, 2.24) is 4.98 Å². The summed E-state index contributed by atoms with van der Waals surface area (Å²) in [6.45, 7) is 0. The van der Waals surface area contributed by atoms with Crippen LogP contribution in [0.15, 0.2) is 36.4 Å². The highest BCUT2D eigenvalue weighted by molar-refractivity contribution is 5.83. The van der Waals surface area contributed by atoms with E-state index in [1.165, 1.54) is 18.2 Å². The Bertz CT molecular complexity index is 641. The van der Waals surface area contributed by atoms with Crippen LogP contribution < -0.4 is 0 Å². The first-order chi connectivity index (χ1) is 8.76. The molecule has 1 heterocycles. The van der Waals surface area contributed by atoms with E-state index < -0.39 is 23.5 Å². The molecule has 1 atom stereocenters. The number of carboxylic acids is 1. The summed E-state index contributed by atoms with van der Waals surface area (Å²) in [7, 11) is 0. The molecule has 0 aliphatic rings. The molecule has 0 fully saturated rings. The summed E-state index contributed by atoms with van der Waals surface area (Å²) < 4.78 is 51.8. The molecule has 2 aromatic rings. The number of aliphatic carboxylic acids is 1. The number of hydrogen-bond donors (Lipinski definition) is 1. The molecule has 100 valence electrons. The molecule has 1 aromatic carbocycles. The van der Waals surface area contributed by atoms with Gasteiger partial charge in [-0.1, -0.05) is 24.3 Å². The Morgan fingerprint density at radius 1 is 1.05 bits per heavy atom. The minimum atomic E-state index is -5.59. The topological polar surface area (TPSA) is 50.2 Å². The van der Waals surface area contributed by atoms with Gasteiger partial charge in [-0.2, -0.15) is 13.2 Å². The molecule has 1 unspecified atom stereocenters. The summed E-state index contributed by atoms with van der Waals surface area (Å²) in [4.78, 5) is 14.1. The van der Waals surface area contributed by atoms with Crippen molar-refractivity contribution in [2.75, 3.05) is 0 Å². The Morgan fingerprint density at radius 2 is 1.68 bits per heavy atom. The summed E-state index contributed by atoms with van der Waals surface area (Å²) in [5, 5.41) is 9.05. The molecule has 0 aliphatic carbocycles. The van der Waals surface area contributed by atoms with Gasteiger partial charge in [0.05, 0.1) is 11.2 Å². The number of carboxylic acid groups (broad SMARTS) is 1. The lowest BCUT2D eigenvalue weighted by Crippen LogP contribution is -2.46. The first kappa shape index (κ1) is 13.3. The van der Waals surface area contributed by atoms with Crippen LogP contribution >= 0.6 is 0 Å². The molecule has 1 aromatic heterocycles. The molecule has 19 heavy (non-hydrogen) atoms. The monoisotopic (exact) mass is 273 g/mol. The second kappa shape index (κ2) is 4.18. The summed E-state index contributed by atoms with van der Waals surface area (Å²) in [6, 6.07) is 8.00. The van der Waals surface area contributed by atoms with Crippen LogP contribution in [0.2, 0.25) is 0 Å². The standard InChI is InChI=1S/C12H7F4NO2/c13-11(10(18)19,12(14,15)16)9-6-5-7-3-1-2-4-8(7)17-9/h1-6H,(H,18,19). The van der Waals surface area contributed by atoms with Crippen molar-refractivity contribution in [3.05, 3.63) is 42.1 Å². The van der Waals surface area contributed by atoms with Crippen molar-refractivity contribution in [2.45, 2.75) is 11.8 Å². The van der Waals surface area contributed by atoms with Gasteiger partial charge in [0.15, 0.2) is 0 Å². The molecule has 0 amide bonds. The molecule has 0 saturated heterocycles. The van der Waals surface area contributed by atoms with E-state index in [-0.39, 0.29) is 5.52 Å². The Balaban J connectivity index is 2.67. The van der Waals surface area contributed by atoms with Crippen LogP contribution in [0.1, 0.15) is 5.69 Å². The van der Waals surface area contributed by atoms with E-state index in [0.717, 1.165) is 6.07 Å². The summed E-state index contributed by atoms with van der Waals surface area (Å²) in [6.07, 6.45) is -5.59. The maximum absolute atomic E-state index is 13.9. The van der Waals surface area contributed by atoms with Gasteiger partial charge in [-0.3, -0.25) is 0 Å². The van der Waals surface area contributed by atoms with Crippen LogP contribution in [0, 0.1) is 0 Å². The number of alkyl halides is 4. The van der Waals surface area contributed by atoms with Gasteiger partial charge in [0.2, 0.25) is 0 Å². The lowest BCUT2D eigenvalue weighted by Gasteiger charge is -2.23. The van der Waals surface area contributed by atoms with Crippen LogP contribution in [0.3, 0.4) is 0 Å². The molecule has 7 heteroatoms. The first-order valence-electron chi connectivity index (χ1n) is 5.12. The van der Waals surface area contributed by atoms with Crippen LogP contribution in [0.4, 0.5) is 17.6 Å². The number of carbonyl (C=O) groups is 1. The Hall–Kier alpha value is -2.18. The number of para-hydroxylation sites is 1. The SMILES string of the molecule is O=C(O)C(F)(c1ccc2ccccc2n1)C(F)(F)F. The van der Waals surface area contributed by atoms with Crippen molar-refractivity contribution in [1.29, 1.82) is 0 Å². The third-order valence-electron chi connectivity index (χ3n) is 2.64. The van der Waals surface area contributed by atoms with E-state index in [4.69, 9.17) is 5.11 Å². The van der Waals surface area contributed by atoms with Crippen molar-refractivity contribution in [2.24, 2.45) is 0 Å². The van der Waals surface area contributed by atoms with Gasteiger partial charge in [0.1, 0.15) is 0 Å². The molecule has 3 nitrogen and oxygen atoms in total. The van der Waals surface area contributed by atoms with E-state index >= 15 is 0 Å². The number of aromatic nitrogens is 1. The quantitative estimate of drug-likeness (QED) is 0.855. The average molecular weight is 273 g/mol. The molecule has 1 N–H and O–H groups in total. The molecular weight excluding hydrogens is 266 g/mol. The highest BCUT2D eigenvalue weighted by Crippen LogP contribution is 2.42. The van der Waals surface area contributed by atoms with Crippen molar-refractivity contribution < 1.29 is 27.5 Å². The second-order valence-electron chi connectivity index (χ2n) is 3.85. The summed E-state index contributed by atoms with van der Waals surface area (Å²) >= 11 is 0. The van der Waals surface area contributed by atoms with Crippen LogP contribution in [0.5, 0.6) is 0 Å². The molecule has 0 spiro atoms. The molecular formula is C12H7F4NO2. The number of fused-ring (bicyclic) bond motifs is 1. The number of nitrogens with zero attached hydrogens (tertiary/aromatic N) is 1. The largest absolute Gasteiger partial charge is 0.478 e. The van der Waals surface area contributed by atoms with Crippen LogP contribution in [-0.4, -0.2) is 22.2 Å². The number of halogens is 4. The van der Waals surface area contributed by atoms with Gasteiger partial charge in [0, 0.05) is 5.39 Å². The first-order valence-corrected chi connectivity index (χ1v) is 5.12. The van der Waals surface area contributed by atoms with E-state index in [0.29, 0.717) is 5.39 Å². The maximum atomic E-state index is 13.9. The minimum Gasteiger partial charge on any atom is -0.478 e. The fourth-order valence-corrected chi connectivity index (χ4v) is 1.63. The van der Waals surface area contributed by atoms with Gasteiger partial charge in [0.25, 0.3) is 0 Å². The molecule has 2 rings (SSSR count). The Kier molecular flexibility index (Phi) is 2.92. The number of pyridine rings is 1. The predicted octanol–water partition coefficient (Wildman–Crippen LogP) is 3.05. The fourth-order valence-electron chi connectivity index (χ4n) is 1.63. The van der Waals surface area contributed by atoms with E-state index in [1.807, 2.05) is 0 Å². The van der Waals surface area contributed by atoms with Gasteiger partial charge < -0.3 is 5.11 Å². The van der Waals surface area contributed by atoms with Crippen LogP contribution in [-0.2, 0) is 10.5 Å². The zero-order valence-corrected chi connectivity index (χ0v) is 9.28. The van der Waals surface area contributed by atoms with E-state index in [9.17, 15) is 22.4 Å². The van der Waals surface area contributed by atoms with Crippen molar-refractivity contribution >= 4 is 16.9 Å². The fraction of sp³-hybridized carbons (Fsp3) is 0.167. The molecule has 0 radical (unpaired) electrons. The number of benzene rings is 1. The molecule has 0 saturated carbocycles. The van der Waals surface area contributed by atoms with E-state index in [1.54, 1.807) is 12.1 Å². The average Bonchev–Trinajstić information content (AvgIpc) is 2.35. The van der Waals surface area contributed by atoms with Crippen molar-refractivity contribution in [3.8, 4) is 0 Å². The third-order valence-corrected chi connectivity index (χ3v) is 2.64. The number of rotatable bonds is 2. The van der Waals surface area contributed by atoms with Gasteiger partial charge in [-0.25, -0.2) is 14.2 Å². The van der Waals surface area contributed by atoms with E-state index in [2.05, 4.69) is 4.98 Å². The third kappa shape index (κ3) is 2.00. The van der Waals surface area contributed by atoms with Gasteiger partial charge in [-0.15, -0.1) is 0 Å². The number of hydrogen-bond acceptors (Lipinski definition) is 2. The smallest absolute Gasteiger partial charge is 0.439 e. The van der Waals surface area contributed by atoms with Gasteiger partial charge >= 0.3 is 17.8 Å². The normalized spacial score (nSPS) is 15.2. The molecule has 0 aliphatic heterocycles. The Morgan fingerprint density at radius 3 is 2.26 bits per heavy atom. The minimum absolute atomic E-state index is 0.0903. The zero-order valence-electron chi connectivity index (χ0n) is 9.28. The van der Waals surface area contributed by atoms with Crippen molar-refractivity contribution in [3.63, 3.8) is 0 Å². The Labute approximate surface area is 104 Å². The second-order valence-corrected chi connectivity index (χ2v) is 3.85. The maximum Gasteiger partial charge on any atom is 0.439 e. The highest BCUT2D eigenvalue weighted by Gasteiger charge is 2.64. The lowest BCUT2D eigenvalue weighted by atomic mass is 10.00. The summed E-state index contributed by atoms with van der Waals surface area (Å²) in [5.41, 5.74) is -5.62. The zero-order chi connectivity index (χ0) is 14.3. The predicted molar refractivity (Wildman–Crippen MR) is 58.2 cm³/mol. The van der Waals surface area contributed by atoms with Crippen LogP contribution in [0.25, 0.3) is 10.9 Å². The highest BCUT2D eigenvalue weighted by atomic mass is 19.4. The summed E-state index contributed by atoms with van der Waals surface area (Å²) in [5.74, 6) is -2.64. The van der Waals surface area contributed by atoms with Gasteiger partial charge in [-0.05, 0) is 12.1 Å². The lowest BCUT2D eigenvalue weighted by molar-refractivity contribution is -0.241.